The number of urea groups is 1. The molecule has 0 heterocycles. The summed E-state index contributed by atoms with van der Waals surface area (Å²) in [5.74, 6) is 0.566. The smallest absolute Gasteiger partial charge is 0.319 e. The van der Waals surface area contributed by atoms with E-state index in [1.165, 1.54) is 11.1 Å². The van der Waals surface area contributed by atoms with Crippen LogP contribution in [0, 0.1) is 0 Å². The number of hydrogen-bond donors (Lipinski definition) is 2. The van der Waals surface area contributed by atoms with Crippen molar-refractivity contribution in [3.05, 3.63) is 65.2 Å². The van der Waals surface area contributed by atoms with Gasteiger partial charge in [-0.25, -0.2) is 4.79 Å². The lowest BCUT2D eigenvalue weighted by Crippen LogP contribution is -2.32. The number of nitrogens with one attached hydrogen (secondary N) is 2. The maximum Gasteiger partial charge on any atom is 0.319 e. The van der Waals surface area contributed by atoms with Gasteiger partial charge in [-0.05, 0) is 54.0 Å². The zero-order valence-electron chi connectivity index (χ0n) is 15.8. The van der Waals surface area contributed by atoms with Crippen molar-refractivity contribution in [1.82, 2.24) is 5.32 Å². The number of rotatable bonds is 7. The van der Waals surface area contributed by atoms with Crippen molar-refractivity contribution >= 4 is 11.7 Å². The average molecular weight is 338 g/mol. The molecular weight excluding hydrogens is 308 g/mol. The van der Waals surface area contributed by atoms with E-state index in [0.29, 0.717) is 5.92 Å². The van der Waals surface area contributed by atoms with Crippen molar-refractivity contribution in [3.63, 3.8) is 0 Å². The topological polar surface area (TPSA) is 41.1 Å². The fourth-order valence-corrected chi connectivity index (χ4v) is 2.86. The molecule has 0 radical (unpaired) electrons. The number of amides is 2. The molecule has 0 bridgehead atoms. The van der Waals surface area contributed by atoms with Crippen LogP contribution < -0.4 is 10.6 Å². The third kappa shape index (κ3) is 5.35. The summed E-state index contributed by atoms with van der Waals surface area (Å²) in [6, 6.07) is 16.4. The summed E-state index contributed by atoms with van der Waals surface area (Å²) >= 11 is 0. The summed E-state index contributed by atoms with van der Waals surface area (Å²) < 4.78 is 0. The van der Waals surface area contributed by atoms with Crippen LogP contribution in [-0.2, 0) is 6.42 Å². The van der Waals surface area contributed by atoms with Crippen LogP contribution in [0.15, 0.2) is 48.5 Å². The molecule has 0 saturated heterocycles. The Bertz CT molecular complexity index is 661. The average Bonchev–Trinajstić information content (AvgIpc) is 2.66. The molecule has 0 aliphatic carbocycles. The highest BCUT2D eigenvalue weighted by Gasteiger charge is 2.13. The van der Waals surface area contributed by atoms with Crippen LogP contribution >= 0.6 is 0 Å². The second-order valence-corrected chi connectivity index (χ2v) is 6.59. The highest BCUT2D eigenvalue weighted by molar-refractivity contribution is 5.89. The molecule has 2 atom stereocenters. The van der Waals surface area contributed by atoms with E-state index in [1.807, 2.05) is 24.3 Å². The summed E-state index contributed by atoms with van der Waals surface area (Å²) in [6.07, 6.45) is 2.98. The second kappa shape index (κ2) is 9.26. The fourth-order valence-electron chi connectivity index (χ4n) is 2.86. The Morgan fingerprint density at radius 3 is 2.00 bits per heavy atom. The Labute approximate surface area is 151 Å². The lowest BCUT2D eigenvalue weighted by Gasteiger charge is -2.19. The molecule has 0 aliphatic rings. The van der Waals surface area contributed by atoms with Crippen LogP contribution in [0.2, 0.25) is 0 Å². The quantitative estimate of drug-likeness (QED) is 0.635. The van der Waals surface area contributed by atoms with E-state index >= 15 is 0 Å². The first-order valence-corrected chi connectivity index (χ1v) is 9.33. The molecule has 2 amide bonds. The monoisotopic (exact) mass is 338 g/mol. The van der Waals surface area contributed by atoms with Crippen molar-refractivity contribution in [2.45, 2.75) is 58.9 Å². The van der Waals surface area contributed by atoms with E-state index in [4.69, 9.17) is 0 Å². The van der Waals surface area contributed by atoms with Crippen molar-refractivity contribution in [3.8, 4) is 0 Å². The van der Waals surface area contributed by atoms with E-state index in [2.05, 4.69) is 62.6 Å². The van der Waals surface area contributed by atoms with Gasteiger partial charge >= 0.3 is 6.03 Å². The Kier molecular flexibility index (Phi) is 7.05. The standard InChI is InChI=1S/C22H30N2O/c1-5-16(4)18-10-12-19(13-11-18)21(7-3)24-22(25)23-20-14-8-17(6-2)9-15-20/h8-16,21H,5-7H2,1-4H3,(H2,23,24,25)/t16-,21+/m0/s1. The van der Waals surface area contributed by atoms with Crippen LogP contribution in [0.3, 0.4) is 0 Å². The number of hydrogen-bond acceptors (Lipinski definition) is 1. The first-order chi connectivity index (χ1) is 12.1. The maximum atomic E-state index is 12.3. The first-order valence-electron chi connectivity index (χ1n) is 9.33. The zero-order valence-corrected chi connectivity index (χ0v) is 15.8. The molecule has 2 N–H and O–H groups in total. The lowest BCUT2D eigenvalue weighted by molar-refractivity contribution is 0.248. The molecule has 2 aromatic rings. The zero-order chi connectivity index (χ0) is 18.2. The number of carbonyl (C=O) groups is 1. The van der Waals surface area contributed by atoms with Gasteiger partial charge in [-0.3, -0.25) is 0 Å². The predicted octanol–water partition coefficient (Wildman–Crippen LogP) is 6.04. The molecule has 2 aromatic carbocycles. The minimum Gasteiger partial charge on any atom is -0.331 e. The van der Waals surface area contributed by atoms with Gasteiger partial charge in [0, 0.05) is 5.69 Å². The van der Waals surface area contributed by atoms with E-state index in [9.17, 15) is 4.79 Å². The van der Waals surface area contributed by atoms with E-state index in [-0.39, 0.29) is 12.1 Å². The van der Waals surface area contributed by atoms with Crippen molar-refractivity contribution in [1.29, 1.82) is 0 Å². The summed E-state index contributed by atoms with van der Waals surface area (Å²) in [6.45, 7) is 8.64. The Balaban J connectivity index is 1.99. The third-order valence-corrected chi connectivity index (χ3v) is 4.85. The minimum atomic E-state index is -0.165. The van der Waals surface area contributed by atoms with Crippen molar-refractivity contribution in [2.75, 3.05) is 5.32 Å². The van der Waals surface area contributed by atoms with E-state index in [0.717, 1.165) is 30.5 Å². The van der Waals surface area contributed by atoms with Crippen LogP contribution in [0.25, 0.3) is 0 Å². The molecule has 3 heteroatoms. The van der Waals surface area contributed by atoms with Gasteiger partial charge in [0.15, 0.2) is 0 Å². The molecule has 134 valence electrons. The van der Waals surface area contributed by atoms with Crippen LogP contribution in [0.1, 0.15) is 69.2 Å². The summed E-state index contributed by atoms with van der Waals surface area (Å²) in [5, 5.41) is 5.99. The molecule has 0 spiro atoms. The van der Waals surface area contributed by atoms with Crippen molar-refractivity contribution < 1.29 is 4.79 Å². The molecule has 2 rings (SSSR count). The predicted molar refractivity (Wildman–Crippen MR) is 106 cm³/mol. The molecule has 0 saturated carbocycles. The molecule has 3 nitrogen and oxygen atoms in total. The SMILES string of the molecule is CCc1ccc(NC(=O)N[C@H](CC)c2ccc([C@@H](C)CC)cc2)cc1. The highest BCUT2D eigenvalue weighted by Crippen LogP contribution is 2.23. The molecule has 0 unspecified atom stereocenters. The van der Waals surface area contributed by atoms with Gasteiger partial charge in [-0.15, -0.1) is 0 Å². The Morgan fingerprint density at radius 2 is 1.48 bits per heavy atom. The normalized spacial score (nSPS) is 13.1. The van der Waals surface area contributed by atoms with E-state index < -0.39 is 0 Å². The second-order valence-electron chi connectivity index (χ2n) is 6.59. The Hall–Kier alpha value is -2.29. The van der Waals surface area contributed by atoms with Crippen LogP contribution in [0.4, 0.5) is 10.5 Å². The summed E-state index contributed by atoms with van der Waals surface area (Å²) in [4.78, 5) is 12.3. The fraction of sp³-hybridized carbons (Fsp3) is 0.409. The Morgan fingerprint density at radius 1 is 0.880 bits per heavy atom. The number of anilines is 1. The van der Waals surface area contributed by atoms with Gasteiger partial charge in [0.05, 0.1) is 6.04 Å². The van der Waals surface area contributed by atoms with Gasteiger partial charge in [-0.1, -0.05) is 64.1 Å². The number of carbonyl (C=O) groups excluding carboxylic acids is 1. The summed E-state index contributed by atoms with van der Waals surface area (Å²) in [7, 11) is 0. The van der Waals surface area contributed by atoms with Crippen LogP contribution in [-0.4, -0.2) is 6.03 Å². The molecule has 0 fully saturated rings. The maximum absolute atomic E-state index is 12.3. The van der Waals surface area contributed by atoms with Gasteiger partial charge in [0.25, 0.3) is 0 Å². The largest absolute Gasteiger partial charge is 0.331 e. The molecule has 25 heavy (non-hydrogen) atoms. The lowest BCUT2D eigenvalue weighted by atomic mass is 9.95. The van der Waals surface area contributed by atoms with Gasteiger partial charge in [0.1, 0.15) is 0 Å². The van der Waals surface area contributed by atoms with Gasteiger partial charge in [0.2, 0.25) is 0 Å². The number of aryl methyl sites for hydroxylation is 1. The van der Waals surface area contributed by atoms with Gasteiger partial charge in [-0.2, -0.15) is 0 Å². The van der Waals surface area contributed by atoms with E-state index in [1.54, 1.807) is 0 Å². The molecular formula is C22H30N2O. The van der Waals surface area contributed by atoms with Crippen LogP contribution in [0.5, 0.6) is 0 Å². The van der Waals surface area contributed by atoms with Gasteiger partial charge < -0.3 is 10.6 Å². The molecule has 0 aliphatic heterocycles. The number of benzene rings is 2. The molecule has 0 aromatic heterocycles. The minimum absolute atomic E-state index is 0.0147. The third-order valence-electron chi connectivity index (χ3n) is 4.85. The highest BCUT2D eigenvalue weighted by atomic mass is 16.2. The summed E-state index contributed by atoms with van der Waals surface area (Å²) in [5.41, 5.74) is 4.57. The first kappa shape index (κ1) is 19.0. The van der Waals surface area contributed by atoms with Crippen molar-refractivity contribution in [2.24, 2.45) is 0 Å².